The van der Waals surface area contributed by atoms with E-state index in [-0.39, 0.29) is 0 Å². The van der Waals surface area contributed by atoms with Crippen LogP contribution in [-0.2, 0) is 13.1 Å². The fourth-order valence-electron chi connectivity index (χ4n) is 1.74. The van der Waals surface area contributed by atoms with Crippen molar-refractivity contribution in [3.63, 3.8) is 0 Å². The monoisotopic (exact) mass is 257 g/mol. The highest BCUT2D eigenvalue weighted by Gasteiger charge is 2.03. The highest BCUT2D eigenvalue weighted by atomic mass is 32.1. The Morgan fingerprint density at radius 1 is 1.39 bits per heavy atom. The Morgan fingerprint density at radius 2 is 2.22 bits per heavy atom. The molecule has 0 fully saturated rings. The number of hydrogen-bond donors (Lipinski definition) is 1. The molecule has 18 heavy (non-hydrogen) atoms. The third kappa shape index (κ3) is 2.95. The highest BCUT2D eigenvalue weighted by Crippen LogP contribution is 2.20. The summed E-state index contributed by atoms with van der Waals surface area (Å²) in [6, 6.07) is 8.11. The lowest BCUT2D eigenvalue weighted by Crippen LogP contribution is -2.13. The second-order valence-corrected chi connectivity index (χ2v) is 5.52. The molecule has 1 N–H and O–H groups in total. The Bertz CT molecular complexity index is 561. The summed E-state index contributed by atoms with van der Waals surface area (Å²) >= 11 is 1.82. The Kier molecular flexibility index (Phi) is 4.08. The lowest BCUT2D eigenvalue weighted by Gasteiger charge is -2.04. The predicted octanol–water partition coefficient (Wildman–Crippen LogP) is 2.92. The van der Waals surface area contributed by atoms with Gasteiger partial charge in [0.15, 0.2) is 0 Å². The Balaban J connectivity index is 1.94. The number of nitrogens with zero attached hydrogens (tertiary/aromatic N) is 2. The lowest BCUT2D eigenvalue weighted by molar-refractivity contribution is 0.697. The van der Waals surface area contributed by atoms with Crippen LogP contribution in [0.2, 0.25) is 0 Å². The zero-order chi connectivity index (χ0) is 13.0. The van der Waals surface area contributed by atoms with E-state index in [4.69, 9.17) is 5.26 Å². The largest absolute Gasteiger partial charge is 0.308 e. The van der Waals surface area contributed by atoms with Crippen LogP contribution < -0.4 is 5.32 Å². The highest BCUT2D eigenvalue weighted by molar-refractivity contribution is 7.12. The third-order valence-electron chi connectivity index (χ3n) is 2.83. The second-order valence-electron chi connectivity index (χ2n) is 4.18. The van der Waals surface area contributed by atoms with Crippen molar-refractivity contribution in [3.8, 4) is 6.07 Å². The van der Waals surface area contributed by atoms with Crippen molar-refractivity contribution in [2.24, 2.45) is 0 Å². The van der Waals surface area contributed by atoms with Crippen molar-refractivity contribution in [3.05, 3.63) is 51.0 Å². The molecule has 2 rings (SSSR count). The molecule has 0 radical (unpaired) electrons. The van der Waals surface area contributed by atoms with E-state index in [1.54, 1.807) is 6.20 Å². The summed E-state index contributed by atoms with van der Waals surface area (Å²) in [7, 11) is 0. The van der Waals surface area contributed by atoms with Gasteiger partial charge in [0.05, 0.1) is 0 Å². The molecule has 2 aromatic heterocycles. The molecule has 92 valence electrons. The topological polar surface area (TPSA) is 48.7 Å². The minimum atomic E-state index is 0.503. The molecular weight excluding hydrogens is 242 g/mol. The summed E-state index contributed by atoms with van der Waals surface area (Å²) in [5.41, 5.74) is 2.80. The van der Waals surface area contributed by atoms with Gasteiger partial charge in [-0.05, 0) is 31.5 Å². The van der Waals surface area contributed by atoms with E-state index in [1.165, 1.54) is 15.3 Å². The maximum atomic E-state index is 8.94. The fourth-order valence-corrected chi connectivity index (χ4v) is 2.76. The van der Waals surface area contributed by atoms with Gasteiger partial charge in [0.25, 0.3) is 0 Å². The molecule has 0 unspecified atom stereocenters. The number of rotatable bonds is 4. The number of aromatic nitrogens is 1. The van der Waals surface area contributed by atoms with Crippen LogP contribution in [0.1, 0.15) is 26.6 Å². The van der Waals surface area contributed by atoms with Crippen molar-refractivity contribution < 1.29 is 0 Å². The number of nitriles is 1. The van der Waals surface area contributed by atoms with Gasteiger partial charge in [0.1, 0.15) is 11.8 Å². The van der Waals surface area contributed by atoms with Crippen LogP contribution in [-0.4, -0.2) is 4.98 Å². The number of aryl methyl sites for hydroxylation is 2. The first kappa shape index (κ1) is 12.7. The first-order chi connectivity index (χ1) is 8.70. The van der Waals surface area contributed by atoms with Crippen LogP contribution in [0.15, 0.2) is 24.4 Å². The van der Waals surface area contributed by atoms with Crippen LogP contribution in [0.3, 0.4) is 0 Å². The number of pyridine rings is 1. The van der Waals surface area contributed by atoms with Gasteiger partial charge in [-0.1, -0.05) is 6.07 Å². The molecular formula is C14H15N3S. The van der Waals surface area contributed by atoms with Crippen molar-refractivity contribution in [2.75, 3.05) is 0 Å². The number of nitrogens with one attached hydrogen (secondary N) is 1. The van der Waals surface area contributed by atoms with Gasteiger partial charge < -0.3 is 5.32 Å². The molecule has 0 atom stereocenters. The summed E-state index contributed by atoms with van der Waals surface area (Å²) in [6.07, 6.45) is 1.65. The minimum Gasteiger partial charge on any atom is -0.308 e. The van der Waals surface area contributed by atoms with E-state index >= 15 is 0 Å². The molecule has 0 aliphatic rings. The van der Waals surface area contributed by atoms with E-state index < -0.39 is 0 Å². The predicted molar refractivity (Wildman–Crippen MR) is 73.3 cm³/mol. The minimum absolute atomic E-state index is 0.503. The normalized spacial score (nSPS) is 10.3. The van der Waals surface area contributed by atoms with Gasteiger partial charge in [-0.3, -0.25) is 0 Å². The fraction of sp³-hybridized carbons (Fsp3) is 0.286. The summed E-state index contributed by atoms with van der Waals surface area (Å²) < 4.78 is 0. The van der Waals surface area contributed by atoms with Crippen molar-refractivity contribution >= 4 is 11.3 Å². The molecule has 0 saturated heterocycles. The lowest BCUT2D eigenvalue weighted by atomic mass is 10.2. The third-order valence-corrected chi connectivity index (χ3v) is 3.98. The van der Waals surface area contributed by atoms with Crippen LogP contribution in [0.5, 0.6) is 0 Å². The molecule has 2 heterocycles. The molecule has 3 nitrogen and oxygen atoms in total. The Hall–Kier alpha value is -1.70. The molecule has 0 bridgehead atoms. The second kappa shape index (κ2) is 5.76. The van der Waals surface area contributed by atoms with Crippen molar-refractivity contribution in [2.45, 2.75) is 26.9 Å². The average molecular weight is 257 g/mol. The summed E-state index contributed by atoms with van der Waals surface area (Å²) in [4.78, 5) is 6.74. The smallest absolute Gasteiger partial charge is 0.144 e. The van der Waals surface area contributed by atoms with Crippen LogP contribution in [0, 0.1) is 25.2 Å². The van der Waals surface area contributed by atoms with E-state index in [1.807, 2.05) is 23.5 Å². The van der Waals surface area contributed by atoms with Crippen LogP contribution >= 0.6 is 11.3 Å². The van der Waals surface area contributed by atoms with Gasteiger partial charge in [-0.2, -0.15) is 5.26 Å². The average Bonchev–Trinajstić information content (AvgIpc) is 2.69. The molecule has 4 heteroatoms. The van der Waals surface area contributed by atoms with Crippen LogP contribution in [0.25, 0.3) is 0 Å². The van der Waals surface area contributed by atoms with E-state index in [9.17, 15) is 0 Å². The molecule has 0 aliphatic heterocycles. The number of hydrogen-bond acceptors (Lipinski definition) is 4. The van der Waals surface area contributed by atoms with Gasteiger partial charge in [0, 0.05) is 34.6 Å². The van der Waals surface area contributed by atoms with E-state index in [0.717, 1.165) is 12.1 Å². The maximum absolute atomic E-state index is 8.94. The van der Waals surface area contributed by atoms with E-state index in [0.29, 0.717) is 12.2 Å². The first-order valence-electron chi connectivity index (χ1n) is 5.81. The maximum Gasteiger partial charge on any atom is 0.144 e. The standard InChI is InChI=1S/C14H15N3S/c1-10-6-13(18-11(10)2)9-16-8-12-4-3-5-17-14(12)7-15/h3-6,16H,8-9H2,1-2H3. The Morgan fingerprint density at radius 3 is 2.89 bits per heavy atom. The van der Waals surface area contributed by atoms with Crippen LogP contribution in [0.4, 0.5) is 0 Å². The summed E-state index contributed by atoms with van der Waals surface area (Å²) in [6.45, 7) is 5.77. The molecule has 0 amide bonds. The molecule has 0 aliphatic carbocycles. The quantitative estimate of drug-likeness (QED) is 0.916. The summed E-state index contributed by atoms with van der Waals surface area (Å²) in [5, 5.41) is 12.3. The summed E-state index contributed by atoms with van der Waals surface area (Å²) in [5.74, 6) is 0. The molecule has 0 saturated carbocycles. The SMILES string of the molecule is Cc1cc(CNCc2cccnc2C#N)sc1C. The van der Waals surface area contributed by atoms with Crippen molar-refractivity contribution in [1.29, 1.82) is 5.26 Å². The molecule has 0 spiro atoms. The number of thiophene rings is 1. The zero-order valence-electron chi connectivity index (χ0n) is 10.5. The van der Waals surface area contributed by atoms with Gasteiger partial charge >= 0.3 is 0 Å². The van der Waals surface area contributed by atoms with Crippen molar-refractivity contribution in [1.82, 2.24) is 10.3 Å². The first-order valence-corrected chi connectivity index (χ1v) is 6.63. The van der Waals surface area contributed by atoms with E-state index in [2.05, 4.69) is 36.3 Å². The molecule has 2 aromatic rings. The van der Waals surface area contributed by atoms with Gasteiger partial charge in [0.2, 0.25) is 0 Å². The molecule has 0 aromatic carbocycles. The van der Waals surface area contributed by atoms with Gasteiger partial charge in [-0.25, -0.2) is 4.98 Å². The zero-order valence-corrected chi connectivity index (χ0v) is 11.3. The Labute approximate surface area is 111 Å². The van der Waals surface area contributed by atoms with Gasteiger partial charge in [-0.15, -0.1) is 11.3 Å².